The summed E-state index contributed by atoms with van der Waals surface area (Å²) in [6, 6.07) is 16.3. The third kappa shape index (κ3) is 6.29. The molecular weight excluding hydrogens is 553 g/mol. The van der Waals surface area contributed by atoms with E-state index in [1.165, 1.54) is 4.31 Å². The smallest absolute Gasteiger partial charge is 0.490 e. The number of benzene rings is 2. The van der Waals surface area contributed by atoms with E-state index in [2.05, 4.69) is 11.2 Å². The summed E-state index contributed by atoms with van der Waals surface area (Å²) in [5.41, 5.74) is 1.92. The lowest BCUT2D eigenvalue weighted by molar-refractivity contribution is 0.00578. The van der Waals surface area contributed by atoms with Gasteiger partial charge in [0.15, 0.2) is 5.03 Å². The standard InChI is InChI=1S/C31H40BN3O6S/c1-30(2)31(3,4)41-32(40-30)25-8-7-9-26(20-25)35-19-18-29(33-35)42(36,37)34(21-23-10-14-27(38-5)15-11-23)22-24-12-16-28(39-6)17-13-24/h10-20,26H,7-9,21-22H2,1-6H3. The molecule has 42 heavy (non-hydrogen) atoms. The Morgan fingerprint density at radius 1 is 0.905 bits per heavy atom. The summed E-state index contributed by atoms with van der Waals surface area (Å²) >= 11 is 0. The normalized spacial score (nSPS) is 20.0. The van der Waals surface area contributed by atoms with Gasteiger partial charge in [-0.1, -0.05) is 30.3 Å². The molecule has 224 valence electrons. The lowest BCUT2D eigenvalue weighted by atomic mass is 9.72. The molecule has 0 saturated carbocycles. The highest BCUT2D eigenvalue weighted by Crippen LogP contribution is 2.41. The number of sulfonamides is 1. The van der Waals surface area contributed by atoms with Gasteiger partial charge >= 0.3 is 7.12 Å². The second kappa shape index (κ2) is 11.9. The van der Waals surface area contributed by atoms with Gasteiger partial charge in [-0.3, -0.25) is 4.68 Å². The van der Waals surface area contributed by atoms with Gasteiger partial charge in [-0.15, -0.1) is 0 Å². The minimum absolute atomic E-state index is 0.0145. The van der Waals surface area contributed by atoms with Crippen LogP contribution >= 0.6 is 0 Å². The zero-order valence-electron chi connectivity index (χ0n) is 25.2. The molecule has 0 amide bonds. The molecule has 2 heterocycles. The minimum Gasteiger partial charge on any atom is -0.497 e. The van der Waals surface area contributed by atoms with Gasteiger partial charge in [0.25, 0.3) is 10.0 Å². The van der Waals surface area contributed by atoms with Crippen LogP contribution < -0.4 is 9.47 Å². The molecule has 1 fully saturated rings. The third-order valence-corrected chi connectivity index (χ3v) is 10.2. The van der Waals surface area contributed by atoms with Crippen LogP contribution in [-0.2, 0) is 32.4 Å². The van der Waals surface area contributed by atoms with E-state index in [4.69, 9.17) is 18.8 Å². The zero-order valence-corrected chi connectivity index (χ0v) is 26.1. The van der Waals surface area contributed by atoms with Gasteiger partial charge in [0.2, 0.25) is 0 Å². The number of ether oxygens (including phenoxy) is 2. The quantitative estimate of drug-likeness (QED) is 0.284. The highest BCUT2D eigenvalue weighted by atomic mass is 32.2. The van der Waals surface area contributed by atoms with Crippen LogP contribution in [0.3, 0.4) is 0 Å². The first kappa shape index (κ1) is 30.3. The largest absolute Gasteiger partial charge is 0.497 e. The first-order valence-corrected chi connectivity index (χ1v) is 15.7. The van der Waals surface area contributed by atoms with E-state index in [9.17, 15) is 8.42 Å². The molecule has 9 nitrogen and oxygen atoms in total. The Balaban J connectivity index is 1.40. The van der Waals surface area contributed by atoms with Gasteiger partial charge < -0.3 is 18.8 Å². The van der Waals surface area contributed by atoms with Crippen LogP contribution in [0.25, 0.3) is 0 Å². The van der Waals surface area contributed by atoms with Crippen LogP contribution in [0.1, 0.15) is 64.1 Å². The summed E-state index contributed by atoms with van der Waals surface area (Å²) in [4.78, 5) is 0. The van der Waals surface area contributed by atoms with Crippen LogP contribution in [0.15, 0.2) is 77.4 Å². The molecule has 3 aromatic rings. The van der Waals surface area contributed by atoms with Crippen LogP contribution in [0.2, 0.25) is 0 Å². The van der Waals surface area contributed by atoms with Crippen molar-refractivity contribution in [3.63, 3.8) is 0 Å². The van der Waals surface area contributed by atoms with Crippen LogP contribution in [-0.4, -0.2) is 55.0 Å². The van der Waals surface area contributed by atoms with Crippen molar-refractivity contribution in [1.82, 2.24) is 14.1 Å². The minimum atomic E-state index is -3.94. The molecule has 0 N–H and O–H groups in total. The molecule has 1 unspecified atom stereocenters. The van der Waals surface area contributed by atoms with Crippen molar-refractivity contribution in [3.8, 4) is 11.5 Å². The number of hydrogen-bond acceptors (Lipinski definition) is 7. The molecule has 0 spiro atoms. The summed E-state index contributed by atoms with van der Waals surface area (Å²) in [6.45, 7) is 8.54. The Hall–Kier alpha value is -3.12. The van der Waals surface area contributed by atoms with Gasteiger partial charge in [0, 0.05) is 19.3 Å². The number of rotatable bonds is 10. The number of nitrogens with zero attached hydrogens (tertiary/aromatic N) is 3. The predicted octanol–water partition coefficient (Wildman–Crippen LogP) is 5.57. The van der Waals surface area contributed by atoms with E-state index in [1.807, 2.05) is 76.2 Å². The predicted molar refractivity (Wildman–Crippen MR) is 162 cm³/mol. The maximum absolute atomic E-state index is 14.0. The molecule has 2 aromatic carbocycles. The molecule has 0 radical (unpaired) electrons. The summed E-state index contributed by atoms with van der Waals surface area (Å²) in [7, 11) is -1.15. The summed E-state index contributed by atoms with van der Waals surface area (Å²) in [6.07, 6.45) is 6.54. The van der Waals surface area contributed by atoms with E-state index in [0.717, 1.165) is 35.9 Å². The van der Waals surface area contributed by atoms with Crippen molar-refractivity contribution in [2.24, 2.45) is 0 Å². The second-order valence-electron chi connectivity index (χ2n) is 11.9. The van der Waals surface area contributed by atoms with Crippen LogP contribution in [0, 0.1) is 0 Å². The fourth-order valence-electron chi connectivity index (χ4n) is 5.20. The van der Waals surface area contributed by atoms with Crippen molar-refractivity contribution in [2.45, 2.75) is 82.3 Å². The second-order valence-corrected chi connectivity index (χ2v) is 13.8. The monoisotopic (exact) mass is 593 g/mol. The van der Waals surface area contributed by atoms with Gasteiger partial charge in [-0.25, -0.2) is 8.42 Å². The average molecular weight is 594 g/mol. The van der Waals surface area contributed by atoms with Crippen LogP contribution in [0.4, 0.5) is 0 Å². The lowest BCUT2D eigenvalue weighted by Gasteiger charge is -2.32. The van der Waals surface area contributed by atoms with Crippen molar-refractivity contribution >= 4 is 17.1 Å². The van der Waals surface area contributed by atoms with E-state index in [0.29, 0.717) is 11.5 Å². The molecule has 1 aliphatic heterocycles. The van der Waals surface area contributed by atoms with Gasteiger partial charge in [-0.05, 0) is 93.9 Å². The Labute approximate surface area is 249 Å². The zero-order chi connectivity index (χ0) is 30.1. The molecule has 1 saturated heterocycles. The maximum Gasteiger partial charge on any atom is 0.490 e. The highest BCUT2D eigenvalue weighted by molar-refractivity contribution is 7.89. The number of hydrogen-bond donors (Lipinski definition) is 0. The van der Waals surface area contributed by atoms with E-state index >= 15 is 0 Å². The molecule has 1 aromatic heterocycles. The maximum atomic E-state index is 14.0. The Morgan fingerprint density at radius 2 is 1.43 bits per heavy atom. The summed E-state index contributed by atoms with van der Waals surface area (Å²) < 4.78 is 54.4. The molecule has 1 atom stereocenters. The molecule has 0 bridgehead atoms. The van der Waals surface area contributed by atoms with Gasteiger partial charge in [0.05, 0.1) is 31.5 Å². The SMILES string of the molecule is COc1ccc(CN(Cc2ccc(OC)cc2)S(=O)(=O)c2ccn(C3C=C(B4OC(C)(C)C(C)(C)O4)CCC3)n2)cc1. The van der Waals surface area contributed by atoms with Gasteiger partial charge in [0.1, 0.15) is 11.5 Å². The molecule has 11 heteroatoms. The van der Waals surface area contributed by atoms with Gasteiger partial charge in [-0.2, -0.15) is 9.40 Å². The number of methoxy groups -OCH3 is 2. The Morgan fingerprint density at radius 3 is 1.93 bits per heavy atom. The fraction of sp³-hybridized carbons (Fsp3) is 0.452. The number of aromatic nitrogens is 2. The first-order valence-electron chi connectivity index (χ1n) is 14.3. The van der Waals surface area contributed by atoms with E-state index in [-0.39, 0.29) is 24.2 Å². The molecule has 5 rings (SSSR count). The fourth-order valence-corrected chi connectivity index (χ4v) is 6.53. The summed E-state index contributed by atoms with van der Waals surface area (Å²) in [5.74, 6) is 1.42. The molecular formula is C31H40BN3O6S. The highest BCUT2D eigenvalue weighted by Gasteiger charge is 2.52. The van der Waals surface area contributed by atoms with Crippen molar-refractivity contribution < 1.29 is 27.2 Å². The first-order chi connectivity index (χ1) is 19.9. The van der Waals surface area contributed by atoms with E-state index < -0.39 is 28.3 Å². The lowest BCUT2D eigenvalue weighted by Crippen LogP contribution is -2.41. The van der Waals surface area contributed by atoms with E-state index in [1.54, 1.807) is 31.2 Å². The molecule has 2 aliphatic rings. The van der Waals surface area contributed by atoms with Crippen LogP contribution in [0.5, 0.6) is 11.5 Å². The number of allylic oxidation sites excluding steroid dienone is 2. The van der Waals surface area contributed by atoms with Crippen molar-refractivity contribution in [2.75, 3.05) is 14.2 Å². The molecule has 1 aliphatic carbocycles. The third-order valence-electron chi connectivity index (χ3n) is 8.49. The summed E-state index contributed by atoms with van der Waals surface area (Å²) in [5, 5.41) is 4.62. The average Bonchev–Trinajstić information content (AvgIpc) is 3.56. The topological polar surface area (TPSA) is 92.1 Å². The van der Waals surface area contributed by atoms with Crippen molar-refractivity contribution in [1.29, 1.82) is 0 Å². The van der Waals surface area contributed by atoms with Crippen molar-refractivity contribution in [3.05, 3.63) is 83.5 Å². The Bertz CT molecular complexity index is 1450. The Kier molecular flexibility index (Phi) is 8.58.